The highest BCUT2D eigenvalue weighted by Gasteiger charge is 2.49. The summed E-state index contributed by atoms with van der Waals surface area (Å²) in [6.07, 6.45) is 13.7. The normalized spacial score (nSPS) is 19.3. The fourth-order valence-corrected chi connectivity index (χ4v) is 6.07. The summed E-state index contributed by atoms with van der Waals surface area (Å²) < 4.78 is 11.3. The van der Waals surface area contributed by atoms with Gasteiger partial charge in [-0.25, -0.2) is 10.3 Å². The third-order valence-corrected chi connectivity index (χ3v) is 8.01. The predicted octanol–water partition coefficient (Wildman–Crippen LogP) is 5.72. The van der Waals surface area contributed by atoms with E-state index >= 15 is 0 Å². The van der Waals surface area contributed by atoms with Crippen LogP contribution >= 0.6 is 0 Å². The molecule has 2 aliphatic rings. The van der Waals surface area contributed by atoms with Gasteiger partial charge in [0.05, 0.1) is 13.2 Å². The first-order chi connectivity index (χ1) is 18.8. The van der Waals surface area contributed by atoms with Crippen molar-refractivity contribution in [1.82, 2.24) is 10.8 Å². The van der Waals surface area contributed by atoms with Gasteiger partial charge >= 0.3 is 5.97 Å². The second-order valence-corrected chi connectivity index (χ2v) is 11.5. The number of hydroxylamine groups is 1. The average Bonchev–Trinajstić information content (AvgIpc) is 3.48. The van der Waals surface area contributed by atoms with Gasteiger partial charge in [0.15, 0.2) is 6.29 Å². The molecule has 0 bridgehead atoms. The van der Waals surface area contributed by atoms with Gasteiger partial charge in [-0.2, -0.15) is 0 Å². The summed E-state index contributed by atoms with van der Waals surface area (Å²) in [5, 5.41) is 13.6. The number of rotatable bonds is 16. The van der Waals surface area contributed by atoms with Gasteiger partial charge in [-0.1, -0.05) is 58.1 Å². The first-order valence-corrected chi connectivity index (χ1v) is 14.7. The lowest BCUT2D eigenvalue weighted by atomic mass is 9.61. The molecule has 8 heteroatoms. The van der Waals surface area contributed by atoms with Crippen LogP contribution in [-0.2, 0) is 19.2 Å². The lowest BCUT2D eigenvalue weighted by Crippen LogP contribution is -2.55. The van der Waals surface area contributed by atoms with Gasteiger partial charge in [0.1, 0.15) is 11.8 Å². The zero-order valence-corrected chi connectivity index (χ0v) is 24.0. The molecular weight excluding hydrogens is 496 g/mol. The minimum absolute atomic E-state index is 0.104. The minimum Gasteiger partial charge on any atom is -0.494 e. The van der Waals surface area contributed by atoms with E-state index in [2.05, 4.69) is 10.8 Å². The molecule has 0 radical (unpaired) electrons. The Morgan fingerprint density at radius 3 is 2.38 bits per heavy atom. The van der Waals surface area contributed by atoms with Crippen LogP contribution in [0.4, 0.5) is 0 Å². The van der Waals surface area contributed by atoms with Crippen LogP contribution in [0.25, 0.3) is 6.08 Å². The summed E-state index contributed by atoms with van der Waals surface area (Å²) in [5.74, 6) is 0.578. The highest BCUT2D eigenvalue weighted by atomic mass is 16.8. The number of nitrogens with one attached hydrogen (secondary N) is 2. The molecule has 1 unspecified atom stereocenters. The van der Waals surface area contributed by atoms with E-state index in [0.717, 1.165) is 43.4 Å². The molecule has 3 rings (SSSR count). The molecule has 8 nitrogen and oxygen atoms in total. The van der Waals surface area contributed by atoms with Crippen molar-refractivity contribution in [3.8, 4) is 5.75 Å². The monoisotopic (exact) mass is 544 g/mol. The summed E-state index contributed by atoms with van der Waals surface area (Å²) in [7, 11) is 0. The molecule has 3 N–H and O–H groups in total. The molecular formula is C31H48N2O6. The highest BCUT2D eigenvalue weighted by Crippen LogP contribution is 2.51. The maximum absolute atomic E-state index is 12.4. The summed E-state index contributed by atoms with van der Waals surface area (Å²) in [5.41, 5.74) is 3.12. The van der Waals surface area contributed by atoms with Crippen molar-refractivity contribution >= 4 is 18.0 Å². The lowest BCUT2D eigenvalue weighted by Gasteiger charge is -2.46. The molecule has 1 aromatic rings. The van der Waals surface area contributed by atoms with Gasteiger partial charge in [0, 0.05) is 6.08 Å². The van der Waals surface area contributed by atoms with Crippen molar-refractivity contribution in [3.05, 3.63) is 35.9 Å². The maximum atomic E-state index is 12.4. The van der Waals surface area contributed by atoms with E-state index < -0.39 is 18.3 Å². The van der Waals surface area contributed by atoms with Crippen LogP contribution in [0, 0.1) is 17.3 Å². The number of carbonyl (C=O) groups is 2. The van der Waals surface area contributed by atoms with Crippen molar-refractivity contribution in [2.45, 2.75) is 97.3 Å². The molecule has 2 saturated carbocycles. The molecule has 39 heavy (non-hydrogen) atoms. The van der Waals surface area contributed by atoms with E-state index in [1.807, 2.05) is 38.1 Å². The lowest BCUT2D eigenvalue weighted by molar-refractivity contribution is -0.180. The van der Waals surface area contributed by atoms with Crippen molar-refractivity contribution in [2.75, 3.05) is 19.8 Å². The Balaban J connectivity index is 1.39. The van der Waals surface area contributed by atoms with Crippen LogP contribution in [0.5, 0.6) is 5.75 Å². The van der Waals surface area contributed by atoms with Gasteiger partial charge in [-0.3, -0.25) is 9.59 Å². The third kappa shape index (κ3) is 9.92. The molecule has 0 aliphatic heterocycles. The molecule has 2 atom stereocenters. The largest absolute Gasteiger partial charge is 0.494 e. The molecule has 0 heterocycles. The average molecular weight is 545 g/mol. The van der Waals surface area contributed by atoms with Crippen LogP contribution in [0.1, 0.15) is 90.5 Å². The first-order valence-electron chi connectivity index (χ1n) is 14.7. The molecule has 1 aromatic carbocycles. The summed E-state index contributed by atoms with van der Waals surface area (Å²) >= 11 is 0. The Labute approximate surface area is 233 Å². The van der Waals surface area contributed by atoms with Crippen molar-refractivity contribution < 1.29 is 29.0 Å². The number of ether oxygens (including phenoxy) is 2. The molecule has 218 valence electrons. The van der Waals surface area contributed by atoms with E-state index in [-0.39, 0.29) is 11.3 Å². The van der Waals surface area contributed by atoms with Gasteiger partial charge in [-0.15, -0.1) is 0 Å². The molecule has 2 fully saturated rings. The number of hydrogen-bond donors (Lipinski definition) is 3. The zero-order valence-electron chi connectivity index (χ0n) is 24.0. The number of carbonyl (C=O) groups excluding carboxylic acids is 1. The van der Waals surface area contributed by atoms with Crippen molar-refractivity contribution in [2.24, 2.45) is 17.3 Å². The van der Waals surface area contributed by atoms with E-state index in [9.17, 15) is 14.7 Å². The maximum Gasteiger partial charge on any atom is 0.321 e. The predicted molar refractivity (Wildman–Crippen MR) is 152 cm³/mol. The van der Waals surface area contributed by atoms with E-state index in [1.165, 1.54) is 38.2 Å². The number of hydrogen-bond acceptors (Lipinski definition) is 6. The topological polar surface area (TPSA) is 106 Å². The van der Waals surface area contributed by atoms with Crippen molar-refractivity contribution in [3.63, 3.8) is 0 Å². The number of carboxylic acid groups (broad SMARTS) is 1. The smallest absolute Gasteiger partial charge is 0.321 e. The highest BCUT2D eigenvalue weighted by molar-refractivity contribution is 5.90. The Bertz CT molecular complexity index is 904. The quantitative estimate of drug-likeness (QED) is 0.106. The van der Waals surface area contributed by atoms with Gasteiger partial charge < -0.3 is 19.9 Å². The Hall–Kier alpha value is -2.42. The second-order valence-electron chi connectivity index (χ2n) is 11.5. The first kappa shape index (κ1) is 31.1. The van der Waals surface area contributed by atoms with Gasteiger partial charge in [0.2, 0.25) is 0 Å². The molecule has 0 spiro atoms. The van der Waals surface area contributed by atoms with E-state index in [1.54, 1.807) is 13.0 Å². The molecule has 1 amide bonds. The Morgan fingerprint density at radius 2 is 1.74 bits per heavy atom. The minimum atomic E-state index is -0.706. The van der Waals surface area contributed by atoms with Gasteiger partial charge in [-0.05, 0) is 86.6 Å². The Morgan fingerprint density at radius 1 is 1.05 bits per heavy atom. The van der Waals surface area contributed by atoms with Gasteiger partial charge in [0.25, 0.3) is 5.91 Å². The molecule has 0 saturated heterocycles. The summed E-state index contributed by atoms with van der Waals surface area (Å²) in [6, 6.07) is 7.00. The zero-order chi connectivity index (χ0) is 28.1. The van der Waals surface area contributed by atoms with Crippen LogP contribution in [0.15, 0.2) is 30.3 Å². The van der Waals surface area contributed by atoms with Crippen LogP contribution in [0.3, 0.4) is 0 Å². The summed E-state index contributed by atoms with van der Waals surface area (Å²) in [6.45, 7) is 7.49. The van der Waals surface area contributed by atoms with Crippen molar-refractivity contribution in [1.29, 1.82) is 0 Å². The number of carboxylic acids is 1. The number of amides is 1. The fourth-order valence-electron chi connectivity index (χ4n) is 6.07. The van der Waals surface area contributed by atoms with E-state index in [0.29, 0.717) is 31.6 Å². The fraction of sp³-hybridized carbons (Fsp3) is 0.677. The standard InChI is InChI=1S/C31H48N2O6/c1-23(2)22-38-24(3)39-33-28(34)17-14-25-12-15-27(16-13-25)37-21-9-20-32-29(30(35)36)31(18-7-4-8-19-31)26-10-5-6-11-26/h12-17,23-24,26,29,32H,4-11,18-22H2,1-3H3,(H,33,34)(H,35,36)/t24?,29-/m1/s1. The van der Waals surface area contributed by atoms with E-state index in [4.69, 9.17) is 14.3 Å². The second kappa shape index (κ2) is 16.0. The Kier molecular flexibility index (Phi) is 12.8. The van der Waals surface area contributed by atoms with Crippen LogP contribution in [-0.4, -0.2) is 49.1 Å². The SMILES string of the molecule is CC(C)COC(C)ONC(=O)C=Cc1ccc(OCCCN[C@H](C(=O)O)C2(C3CCCC3)CCCCC2)cc1. The van der Waals surface area contributed by atoms with Crippen LogP contribution in [0.2, 0.25) is 0 Å². The number of aliphatic carboxylic acids is 1. The molecule has 2 aliphatic carbocycles. The number of benzene rings is 1. The third-order valence-electron chi connectivity index (χ3n) is 8.01. The van der Waals surface area contributed by atoms with Crippen LogP contribution < -0.4 is 15.5 Å². The summed E-state index contributed by atoms with van der Waals surface area (Å²) in [4.78, 5) is 29.5. The molecule has 0 aromatic heterocycles.